The molecule has 1 unspecified atom stereocenters. The van der Waals surface area contributed by atoms with Gasteiger partial charge in [0.15, 0.2) is 11.5 Å². The monoisotopic (exact) mass is 465 g/mol. The summed E-state index contributed by atoms with van der Waals surface area (Å²) < 4.78 is 22.0. The molecule has 1 atom stereocenters. The van der Waals surface area contributed by atoms with Crippen molar-refractivity contribution in [1.82, 2.24) is 15.1 Å². The minimum Gasteiger partial charge on any atom is -0.497 e. The highest BCUT2D eigenvalue weighted by Gasteiger charge is 2.42. The number of aromatic amines is 1. The smallest absolute Gasteiger partial charge is 0.273 e. The predicted octanol–water partition coefficient (Wildman–Crippen LogP) is 4.46. The summed E-state index contributed by atoms with van der Waals surface area (Å²) in [5.41, 5.74) is 3.96. The van der Waals surface area contributed by atoms with Gasteiger partial charge in [-0.15, -0.1) is 0 Å². The molecule has 34 heavy (non-hydrogen) atoms. The van der Waals surface area contributed by atoms with Crippen LogP contribution in [0.5, 0.6) is 17.2 Å². The maximum Gasteiger partial charge on any atom is 0.273 e. The highest BCUT2D eigenvalue weighted by Crippen LogP contribution is 2.44. The first-order chi connectivity index (χ1) is 16.6. The molecule has 8 nitrogen and oxygen atoms in total. The molecule has 1 aliphatic heterocycles. The largest absolute Gasteiger partial charge is 0.497 e. The van der Waals surface area contributed by atoms with Gasteiger partial charge in [0, 0.05) is 31.4 Å². The zero-order chi connectivity index (χ0) is 24.1. The van der Waals surface area contributed by atoms with Crippen molar-refractivity contribution in [2.24, 2.45) is 0 Å². The number of nitrogens with one attached hydrogen (secondary N) is 1. The molecule has 0 saturated heterocycles. The number of amides is 1. The van der Waals surface area contributed by atoms with E-state index < -0.39 is 0 Å². The maximum atomic E-state index is 13.4. The van der Waals surface area contributed by atoms with E-state index in [0.717, 1.165) is 41.0 Å². The van der Waals surface area contributed by atoms with Crippen molar-refractivity contribution in [2.45, 2.75) is 25.8 Å². The summed E-state index contributed by atoms with van der Waals surface area (Å²) in [6.45, 7) is 3.79. The molecule has 1 N–H and O–H groups in total. The molecule has 0 fully saturated rings. The average Bonchev–Trinajstić information content (AvgIpc) is 3.42. The molecule has 2 aromatic carbocycles. The van der Waals surface area contributed by atoms with Crippen LogP contribution in [-0.2, 0) is 4.74 Å². The number of benzene rings is 2. The first kappa shape index (κ1) is 23.6. The number of aromatic nitrogens is 2. The van der Waals surface area contributed by atoms with E-state index in [1.54, 1.807) is 21.3 Å². The summed E-state index contributed by atoms with van der Waals surface area (Å²) in [7, 11) is 4.92. The van der Waals surface area contributed by atoms with Crippen LogP contribution >= 0.6 is 0 Å². The van der Waals surface area contributed by atoms with Gasteiger partial charge in [-0.2, -0.15) is 5.10 Å². The Kier molecular flexibility index (Phi) is 7.37. The van der Waals surface area contributed by atoms with E-state index in [1.165, 1.54) is 0 Å². The number of rotatable bonds is 11. The summed E-state index contributed by atoms with van der Waals surface area (Å²) in [5.74, 6) is 2.01. The predicted molar refractivity (Wildman–Crippen MR) is 129 cm³/mol. The molecule has 4 rings (SSSR count). The van der Waals surface area contributed by atoms with E-state index in [0.29, 0.717) is 37.0 Å². The molecule has 8 heteroatoms. The Balaban J connectivity index is 1.79. The third-order valence-corrected chi connectivity index (χ3v) is 5.94. The van der Waals surface area contributed by atoms with Gasteiger partial charge in [0.2, 0.25) is 0 Å². The van der Waals surface area contributed by atoms with Crippen molar-refractivity contribution in [1.29, 1.82) is 0 Å². The van der Waals surface area contributed by atoms with E-state index in [9.17, 15) is 4.79 Å². The molecule has 0 bridgehead atoms. The lowest BCUT2D eigenvalue weighted by Crippen LogP contribution is -2.31. The molecule has 1 aliphatic rings. The van der Waals surface area contributed by atoms with Crippen LogP contribution in [0.2, 0.25) is 0 Å². The molecule has 180 valence electrons. The van der Waals surface area contributed by atoms with Crippen LogP contribution in [0.3, 0.4) is 0 Å². The fraction of sp³-hybridized carbons (Fsp3) is 0.385. The molecule has 2 heterocycles. The maximum absolute atomic E-state index is 13.4. The summed E-state index contributed by atoms with van der Waals surface area (Å²) in [5, 5.41) is 7.52. The molecule has 0 aliphatic carbocycles. The number of carbonyl (C=O) groups excluding carboxylic acids is 1. The van der Waals surface area contributed by atoms with Crippen molar-refractivity contribution in [3.05, 3.63) is 59.3 Å². The summed E-state index contributed by atoms with van der Waals surface area (Å²) in [6.07, 6.45) is 1.63. The number of H-pyrrole nitrogens is 1. The van der Waals surface area contributed by atoms with Gasteiger partial charge >= 0.3 is 0 Å². The van der Waals surface area contributed by atoms with Gasteiger partial charge in [0.25, 0.3) is 5.91 Å². The zero-order valence-corrected chi connectivity index (χ0v) is 20.1. The van der Waals surface area contributed by atoms with E-state index in [4.69, 9.17) is 18.9 Å². The first-order valence-electron chi connectivity index (χ1n) is 11.5. The Morgan fingerprint density at radius 2 is 1.79 bits per heavy atom. The summed E-state index contributed by atoms with van der Waals surface area (Å²) in [4.78, 5) is 15.3. The fourth-order valence-corrected chi connectivity index (χ4v) is 4.31. The van der Waals surface area contributed by atoms with Crippen molar-refractivity contribution in [3.8, 4) is 28.5 Å². The van der Waals surface area contributed by atoms with E-state index in [2.05, 4.69) is 17.1 Å². The summed E-state index contributed by atoms with van der Waals surface area (Å²) in [6, 6.07) is 13.2. The van der Waals surface area contributed by atoms with Gasteiger partial charge in [-0.1, -0.05) is 13.0 Å². The zero-order valence-electron chi connectivity index (χ0n) is 20.1. The highest BCUT2D eigenvalue weighted by molar-refractivity contribution is 6.00. The molecule has 0 saturated carbocycles. The Morgan fingerprint density at radius 1 is 1.00 bits per heavy atom. The Bertz CT molecular complexity index is 1130. The second-order valence-electron chi connectivity index (χ2n) is 8.10. The molecular weight excluding hydrogens is 434 g/mol. The van der Waals surface area contributed by atoms with E-state index in [1.807, 2.05) is 47.4 Å². The van der Waals surface area contributed by atoms with Crippen molar-refractivity contribution in [3.63, 3.8) is 0 Å². The number of hydrogen-bond acceptors (Lipinski definition) is 6. The molecule has 0 radical (unpaired) electrons. The van der Waals surface area contributed by atoms with Crippen LogP contribution in [-0.4, -0.2) is 62.1 Å². The average molecular weight is 466 g/mol. The van der Waals surface area contributed by atoms with Gasteiger partial charge < -0.3 is 23.8 Å². The fourth-order valence-electron chi connectivity index (χ4n) is 4.31. The van der Waals surface area contributed by atoms with Gasteiger partial charge in [0.05, 0.1) is 32.6 Å². The standard InChI is InChI=1S/C26H31N3O5/c1-5-14-34-20-12-9-18(16-21(20)33-4)25-22-23(17-7-10-19(32-3)11-8-17)27-28-24(22)26(30)29(25)13-6-15-31-2/h7-12,16,25H,5-6,13-15H2,1-4H3,(H,27,28). The third kappa shape index (κ3) is 4.46. The molecule has 0 spiro atoms. The van der Waals surface area contributed by atoms with Gasteiger partial charge in [-0.05, 0) is 54.8 Å². The third-order valence-electron chi connectivity index (χ3n) is 5.94. The highest BCUT2D eigenvalue weighted by atomic mass is 16.5. The normalized spacial score (nSPS) is 14.9. The van der Waals surface area contributed by atoms with Gasteiger partial charge in [-0.3, -0.25) is 9.89 Å². The van der Waals surface area contributed by atoms with Crippen molar-refractivity contribution < 1.29 is 23.7 Å². The number of hydrogen-bond donors (Lipinski definition) is 1. The van der Waals surface area contributed by atoms with Crippen LogP contribution in [0.4, 0.5) is 0 Å². The second-order valence-corrected chi connectivity index (χ2v) is 8.10. The van der Waals surface area contributed by atoms with Gasteiger partial charge in [0.1, 0.15) is 11.4 Å². The van der Waals surface area contributed by atoms with Crippen LogP contribution < -0.4 is 14.2 Å². The number of ether oxygens (including phenoxy) is 4. The number of nitrogens with zero attached hydrogens (tertiary/aromatic N) is 2. The number of methoxy groups -OCH3 is 3. The van der Waals surface area contributed by atoms with E-state index >= 15 is 0 Å². The second kappa shape index (κ2) is 10.6. The Hall–Kier alpha value is -3.52. The Labute approximate surface area is 199 Å². The van der Waals surface area contributed by atoms with Crippen LogP contribution in [0.15, 0.2) is 42.5 Å². The lowest BCUT2D eigenvalue weighted by atomic mass is 9.95. The summed E-state index contributed by atoms with van der Waals surface area (Å²) >= 11 is 0. The minimum atomic E-state index is -0.315. The quantitative estimate of drug-likeness (QED) is 0.421. The molecular formula is C26H31N3O5. The van der Waals surface area contributed by atoms with E-state index in [-0.39, 0.29) is 11.9 Å². The van der Waals surface area contributed by atoms with Crippen LogP contribution in [0.1, 0.15) is 47.4 Å². The SMILES string of the molecule is CCCOc1ccc(C2c3c(-c4ccc(OC)cc4)n[nH]c3C(=O)N2CCCOC)cc1OC. The van der Waals surface area contributed by atoms with Gasteiger partial charge in [-0.25, -0.2) is 0 Å². The molecule has 3 aromatic rings. The lowest BCUT2D eigenvalue weighted by Gasteiger charge is -2.27. The number of fused-ring (bicyclic) bond motifs is 1. The Morgan fingerprint density at radius 3 is 2.47 bits per heavy atom. The number of carbonyl (C=O) groups is 1. The van der Waals surface area contributed by atoms with Crippen LogP contribution in [0.25, 0.3) is 11.3 Å². The minimum absolute atomic E-state index is 0.0753. The van der Waals surface area contributed by atoms with Crippen LogP contribution in [0, 0.1) is 0 Å². The van der Waals surface area contributed by atoms with Crippen molar-refractivity contribution >= 4 is 5.91 Å². The van der Waals surface area contributed by atoms with Crippen molar-refractivity contribution in [2.75, 3.05) is 41.1 Å². The topological polar surface area (TPSA) is 85.9 Å². The molecule has 1 amide bonds. The molecule has 1 aromatic heterocycles. The lowest BCUT2D eigenvalue weighted by molar-refractivity contribution is 0.0723. The first-order valence-corrected chi connectivity index (χ1v) is 11.5.